The number of rotatable bonds is 3. The fraction of sp³-hybridized carbons (Fsp3) is 0.600. The molecule has 17 heavy (non-hydrogen) atoms. The summed E-state index contributed by atoms with van der Waals surface area (Å²) < 4.78 is 0. The zero-order valence-corrected chi connectivity index (χ0v) is 11.2. The van der Waals surface area contributed by atoms with Gasteiger partial charge in [-0.3, -0.25) is 4.90 Å². The maximum atomic E-state index is 3.54. The maximum Gasteiger partial charge on any atom is 0.0250 e. The summed E-state index contributed by atoms with van der Waals surface area (Å²) in [4.78, 5) is 2.65. The fourth-order valence-corrected chi connectivity index (χ4v) is 2.69. The zero-order chi connectivity index (χ0) is 12.3. The summed E-state index contributed by atoms with van der Waals surface area (Å²) >= 11 is 0. The number of benzene rings is 1. The van der Waals surface area contributed by atoms with Gasteiger partial charge in [0.15, 0.2) is 0 Å². The molecule has 0 amide bonds. The van der Waals surface area contributed by atoms with Crippen molar-refractivity contribution < 1.29 is 0 Å². The molecule has 1 aromatic carbocycles. The topological polar surface area (TPSA) is 15.3 Å². The molecule has 94 valence electrons. The van der Waals surface area contributed by atoms with Gasteiger partial charge in [-0.15, -0.1) is 0 Å². The average Bonchev–Trinajstić information content (AvgIpc) is 2.33. The zero-order valence-electron chi connectivity index (χ0n) is 11.2. The molecule has 2 atom stereocenters. The van der Waals surface area contributed by atoms with E-state index in [9.17, 15) is 0 Å². The van der Waals surface area contributed by atoms with Crippen molar-refractivity contribution in [3.8, 4) is 0 Å². The highest BCUT2D eigenvalue weighted by Crippen LogP contribution is 2.20. The van der Waals surface area contributed by atoms with Gasteiger partial charge in [-0.2, -0.15) is 0 Å². The molecule has 1 heterocycles. The smallest absolute Gasteiger partial charge is 0.0250 e. The fourth-order valence-electron chi connectivity index (χ4n) is 2.69. The molecular weight excluding hydrogens is 208 g/mol. The summed E-state index contributed by atoms with van der Waals surface area (Å²) in [6, 6.07) is 12.1. The molecule has 0 aromatic heterocycles. The van der Waals surface area contributed by atoms with Gasteiger partial charge in [-0.05, 0) is 18.4 Å². The van der Waals surface area contributed by atoms with Crippen LogP contribution in [0.5, 0.6) is 0 Å². The van der Waals surface area contributed by atoms with Gasteiger partial charge < -0.3 is 5.32 Å². The molecule has 0 radical (unpaired) electrons. The third-order valence-electron chi connectivity index (χ3n) is 3.76. The number of nitrogens with one attached hydrogen (secondary N) is 1. The van der Waals surface area contributed by atoms with E-state index in [1.165, 1.54) is 5.56 Å². The quantitative estimate of drug-likeness (QED) is 0.861. The summed E-state index contributed by atoms with van der Waals surface area (Å²) in [6.07, 6.45) is 0. The van der Waals surface area contributed by atoms with E-state index < -0.39 is 0 Å². The molecule has 2 heteroatoms. The van der Waals surface area contributed by atoms with E-state index in [0.717, 1.165) is 19.6 Å². The summed E-state index contributed by atoms with van der Waals surface area (Å²) in [5.74, 6) is 0.703. The Morgan fingerprint density at radius 2 is 1.94 bits per heavy atom. The largest absolute Gasteiger partial charge is 0.314 e. The van der Waals surface area contributed by atoms with Gasteiger partial charge in [0.1, 0.15) is 0 Å². The van der Waals surface area contributed by atoms with Crippen molar-refractivity contribution in [3.05, 3.63) is 35.9 Å². The number of hydrogen-bond donors (Lipinski definition) is 1. The molecule has 1 aliphatic heterocycles. The molecule has 1 saturated heterocycles. The minimum Gasteiger partial charge on any atom is -0.314 e. The van der Waals surface area contributed by atoms with Crippen molar-refractivity contribution >= 4 is 0 Å². The molecule has 0 aliphatic carbocycles. The first-order chi connectivity index (χ1) is 8.18. The van der Waals surface area contributed by atoms with Crippen LogP contribution in [0.4, 0.5) is 0 Å². The minimum atomic E-state index is 0.622. The molecule has 1 unspecified atom stereocenters. The van der Waals surface area contributed by atoms with E-state index in [-0.39, 0.29) is 0 Å². The highest BCUT2D eigenvalue weighted by Gasteiger charge is 2.29. The van der Waals surface area contributed by atoms with Crippen LogP contribution in [0.2, 0.25) is 0 Å². The molecule has 2 nitrogen and oxygen atoms in total. The molecule has 0 bridgehead atoms. The van der Waals surface area contributed by atoms with E-state index >= 15 is 0 Å². The second kappa shape index (κ2) is 5.65. The summed E-state index contributed by atoms with van der Waals surface area (Å²) in [5, 5.41) is 3.54. The third-order valence-corrected chi connectivity index (χ3v) is 3.76. The SMILES string of the molecule is CC(C)[C@@H]1CNCC(C)N1Cc1ccccc1. The number of nitrogens with zero attached hydrogens (tertiary/aromatic N) is 1. The molecule has 1 aliphatic rings. The van der Waals surface area contributed by atoms with Crippen LogP contribution in [0.3, 0.4) is 0 Å². The van der Waals surface area contributed by atoms with Crippen molar-refractivity contribution in [2.24, 2.45) is 5.92 Å². The normalized spacial score (nSPS) is 26.4. The Labute approximate surface area is 105 Å². The van der Waals surface area contributed by atoms with Crippen LogP contribution in [0.1, 0.15) is 26.3 Å². The Hall–Kier alpha value is -0.860. The second-order valence-electron chi connectivity index (χ2n) is 5.48. The summed E-state index contributed by atoms with van der Waals surface area (Å²) in [5.41, 5.74) is 1.42. The monoisotopic (exact) mass is 232 g/mol. The standard InChI is InChI=1S/C15H24N2/c1-12(2)15-10-16-9-13(3)17(15)11-14-7-5-4-6-8-14/h4-8,12-13,15-16H,9-11H2,1-3H3/t13?,15-/m0/s1. The Morgan fingerprint density at radius 3 is 2.59 bits per heavy atom. The summed E-state index contributed by atoms with van der Waals surface area (Å²) in [7, 11) is 0. The van der Waals surface area contributed by atoms with Crippen LogP contribution in [-0.4, -0.2) is 30.1 Å². The Morgan fingerprint density at radius 1 is 1.24 bits per heavy atom. The average molecular weight is 232 g/mol. The van der Waals surface area contributed by atoms with E-state index in [0.29, 0.717) is 18.0 Å². The Bertz CT molecular complexity index is 334. The van der Waals surface area contributed by atoms with Crippen molar-refractivity contribution in [2.45, 2.75) is 39.4 Å². The van der Waals surface area contributed by atoms with Crippen LogP contribution in [0, 0.1) is 5.92 Å². The lowest BCUT2D eigenvalue weighted by atomic mass is 9.97. The van der Waals surface area contributed by atoms with Gasteiger partial charge in [-0.1, -0.05) is 44.2 Å². The third kappa shape index (κ3) is 3.08. The Balaban J connectivity index is 2.09. The van der Waals surface area contributed by atoms with Crippen LogP contribution in [0.15, 0.2) is 30.3 Å². The van der Waals surface area contributed by atoms with Crippen LogP contribution < -0.4 is 5.32 Å². The maximum absolute atomic E-state index is 3.54. The molecule has 1 fully saturated rings. The van der Waals surface area contributed by atoms with Gasteiger partial charge in [0.2, 0.25) is 0 Å². The van der Waals surface area contributed by atoms with Gasteiger partial charge in [0, 0.05) is 31.7 Å². The molecule has 0 spiro atoms. The first-order valence-corrected chi connectivity index (χ1v) is 6.69. The van der Waals surface area contributed by atoms with Crippen molar-refractivity contribution in [2.75, 3.05) is 13.1 Å². The molecule has 1 aromatic rings. The highest BCUT2D eigenvalue weighted by molar-refractivity contribution is 5.15. The lowest BCUT2D eigenvalue weighted by molar-refractivity contribution is 0.0696. The predicted molar refractivity (Wildman–Crippen MR) is 72.9 cm³/mol. The van der Waals surface area contributed by atoms with Gasteiger partial charge >= 0.3 is 0 Å². The molecule has 0 saturated carbocycles. The first-order valence-electron chi connectivity index (χ1n) is 6.69. The van der Waals surface area contributed by atoms with Gasteiger partial charge in [0.05, 0.1) is 0 Å². The lowest BCUT2D eigenvalue weighted by Gasteiger charge is -2.43. The predicted octanol–water partition coefficient (Wildman–Crippen LogP) is 2.50. The van der Waals surface area contributed by atoms with Gasteiger partial charge in [-0.25, -0.2) is 0 Å². The number of piperazine rings is 1. The summed E-state index contributed by atoms with van der Waals surface area (Å²) in [6.45, 7) is 10.3. The highest BCUT2D eigenvalue weighted by atomic mass is 15.2. The van der Waals surface area contributed by atoms with Crippen LogP contribution >= 0.6 is 0 Å². The van der Waals surface area contributed by atoms with Crippen LogP contribution in [-0.2, 0) is 6.54 Å². The van der Waals surface area contributed by atoms with E-state index in [2.05, 4.69) is 61.3 Å². The molecule has 2 rings (SSSR count). The number of hydrogen-bond acceptors (Lipinski definition) is 2. The van der Waals surface area contributed by atoms with Gasteiger partial charge in [0.25, 0.3) is 0 Å². The van der Waals surface area contributed by atoms with Crippen LogP contribution in [0.25, 0.3) is 0 Å². The van der Waals surface area contributed by atoms with E-state index in [4.69, 9.17) is 0 Å². The van der Waals surface area contributed by atoms with E-state index in [1.54, 1.807) is 0 Å². The van der Waals surface area contributed by atoms with Crippen molar-refractivity contribution in [1.29, 1.82) is 0 Å². The Kier molecular flexibility index (Phi) is 4.19. The lowest BCUT2D eigenvalue weighted by Crippen LogP contribution is -2.57. The van der Waals surface area contributed by atoms with E-state index in [1.807, 2.05) is 0 Å². The molecule has 1 N–H and O–H groups in total. The molecular formula is C15H24N2. The van der Waals surface area contributed by atoms with Crippen molar-refractivity contribution in [3.63, 3.8) is 0 Å². The van der Waals surface area contributed by atoms with Crippen molar-refractivity contribution in [1.82, 2.24) is 10.2 Å². The first kappa shape index (κ1) is 12.6. The second-order valence-corrected chi connectivity index (χ2v) is 5.48. The minimum absolute atomic E-state index is 0.622.